The summed E-state index contributed by atoms with van der Waals surface area (Å²) in [6.07, 6.45) is 2.77. The summed E-state index contributed by atoms with van der Waals surface area (Å²) < 4.78 is 5.41. The maximum Gasteiger partial charge on any atom is 0.255 e. The van der Waals surface area contributed by atoms with Gasteiger partial charge in [-0.2, -0.15) is 0 Å². The first-order valence-corrected chi connectivity index (χ1v) is 10.6. The summed E-state index contributed by atoms with van der Waals surface area (Å²) >= 11 is 0. The minimum atomic E-state index is -0.488. The predicted molar refractivity (Wildman–Crippen MR) is 115 cm³/mol. The maximum atomic E-state index is 13.2. The molecule has 0 radical (unpaired) electrons. The van der Waals surface area contributed by atoms with Crippen LogP contribution in [-0.4, -0.2) is 54.4 Å². The molecule has 2 saturated heterocycles. The van der Waals surface area contributed by atoms with Gasteiger partial charge in [-0.1, -0.05) is 42.5 Å². The van der Waals surface area contributed by atoms with Crippen molar-refractivity contribution in [1.29, 1.82) is 0 Å². The molecule has 4 rings (SSSR count). The second kappa shape index (κ2) is 8.88. The number of amides is 2. The van der Waals surface area contributed by atoms with E-state index in [-0.39, 0.29) is 12.0 Å². The molecule has 0 bridgehead atoms. The summed E-state index contributed by atoms with van der Waals surface area (Å²) in [6, 6.07) is 18.1. The molecule has 1 spiro atoms. The largest absolute Gasteiger partial charge is 0.484 e. The van der Waals surface area contributed by atoms with E-state index in [2.05, 4.69) is 21.9 Å². The van der Waals surface area contributed by atoms with Gasteiger partial charge in [0.05, 0.1) is 5.41 Å². The number of benzene rings is 2. The predicted octanol–water partition coefficient (Wildman–Crippen LogP) is 2.22. The molecule has 2 aliphatic heterocycles. The van der Waals surface area contributed by atoms with Gasteiger partial charge in [0, 0.05) is 26.2 Å². The molecule has 2 aliphatic rings. The number of nitrogens with zero attached hydrogens (tertiary/aromatic N) is 2. The zero-order chi connectivity index (χ0) is 21.0. The van der Waals surface area contributed by atoms with Crippen LogP contribution in [0.4, 0.5) is 0 Å². The monoisotopic (exact) mass is 407 g/mol. The van der Waals surface area contributed by atoms with Crippen LogP contribution >= 0.6 is 0 Å². The van der Waals surface area contributed by atoms with Crippen molar-refractivity contribution < 1.29 is 14.3 Å². The molecule has 0 saturated carbocycles. The van der Waals surface area contributed by atoms with Crippen LogP contribution in [0, 0.1) is 5.41 Å². The summed E-state index contributed by atoms with van der Waals surface area (Å²) in [5.74, 6) is 0.474. The van der Waals surface area contributed by atoms with Gasteiger partial charge < -0.3 is 15.4 Å². The molecule has 2 amide bonds. The number of hydrogen-bond acceptors (Lipinski definition) is 4. The van der Waals surface area contributed by atoms with Crippen molar-refractivity contribution in [2.24, 2.45) is 11.1 Å². The van der Waals surface area contributed by atoms with E-state index in [1.165, 1.54) is 5.56 Å². The fraction of sp³-hybridized carbons (Fsp3) is 0.417. The smallest absolute Gasteiger partial charge is 0.255 e. The first-order valence-electron chi connectivity index (χ1n) is 10.6. The van der Waals surface area contributed by atoms with Crippen LogP contribution in [0.5, 0.6) is 5.75 Å². The van der Waals surface area contributed by atoms with E-state index in [9.17, 15) is 9.59 Å². The Morgan fingerprint density at radius 3 is 2.60 bits per heavy atom. The summed E-state index contributed by atoms with van der Waals surface area (Å²) in [7, 11) is 0. The van der Waals surface area contributed by atoms with E-state index < -0.39 is 5.91 Å². The van der Waals surface area contributed by atoms with E-state index in [0.29, 0.717) is 11.7 Å². The maximum absolute atomic E-state index is 13.2. The zero-order valence-corrected chi connectivity index (χ0v) is 17.3. The highest BCUT2D eigenvalue weighted by Gasteiger charge is 2.50. The van der Waals surface area contributed by atoms with Crippen molar-refractivity contribution in [2.75, 3.05) is 32.8 Å². The molecule has 2 aromatic carbocycles. The highest BCUT2D eigenvalue weighted by Crippen LogP contribution is 2.41. The molecule has 2 heterocycles. The summed E-state index contributed by atoms with van der Waals surface area (Å²) in [5, 5.41) is 0. The Bertz CT molecular complexity index is 902. The Morgan fingerprint density at radius 2 is 1.80 bits per heavy atom. The van der Waals surface area contributed by atoms with Gasteiger partial charge in [-0.15, -0.1) is 0 Å². The molecular weight excluding hydrogens is 378 g/mol. The fourth-order valence-electron chi connectivity index (χ4n) is 4.63. The SMILES string of the molecule is NC(=O)COc1cccc(CN2CCC3(CCN(CCc4ccccc4)C3=O)C2)c1. The highest BCUT2D eigenvalue weighted by atomic mass is 16.5. The number of likely N-dealkylation sites (tertiary alicyclic amines) is 2. The van der Waals surface area contributed by atoms with Gasteiger partial charge in [0.1, 0.15) is 5.75 Å². The van der Waals surface area contributed by atoms with Crippen LogP contribution in [0.1, 0.15) is 24.0 Å². The van der Waals surface area contributed by atoms with Gasteiger partial charge >= 0.3 is 0 Å². The molecular formula is C24H29N3O3. The summed E-state index contributed by atoms with van der Waals surface area (Å²) in [6.45, 7) is 4.03. The minimum Gasteiger partial charge on any atom is -0.484 e. The lowest BCUT2D eigenvalue weighted by atomic mass is 9.85. The number of carbonyl (C=O) groups excluding carboxylic acids is 2. The van der Waals surface area contributed by atoms with Crippen molar-refractivity contribution >= 4 is 11.8 Å². The molecule has 2 aromatic rings. The number of nitrogens with two attached hydrogens (primary N) is 1. The van der Waals surface area contributed by atoms with Gasteiger partial charge in [0.25, 0.3) is 5.91 Å². The third-order valence-electron chi connectivity index (χ3n) is 6.23. The van der Waals surface area contributed by atoms with Gasteiger partial charge in [-0.05, 0) is 49.1 Å². The number of rotatable bonds is 8. The molecule has 6 nitrogen and oxygen atoms in total. The normalized spacial score (nSPS) is 21.5. The van der Waals surface area contributed by atoms with Gasteiger partial charge in [0.15, 0.2) is 6.61 Å². The van der Waals surface area contributed by atoms with E-state index in [0.717, 1.165) is 57.5 Å². The van der Waals surface area contributed by atoms with Crippen molar-refractivity contribution in [1.82, 2.24) is 9.80 Å². The average Bonchev–Trinajstić information content (AvgIpc) is 3.30. The molecule has 2 N–H and O–H groups in total. The molecule has 0 aromatic heterocycles. The molecule has 158 valence electrons. The Morgan fingerprint density at radius 1 is 1.03 bits per heavy atom. The van der Waals surface area contributed by atoms with Crippen LogP contribution < -0.4 is 10.5 Å². The molecule has 6 heteroatoms. The highest BCUT2D eigenvalue weighted by molar-refractivity contribution is 5.85. The van der Waals surface area contributed by atoms with Crippen LogP contribution in [0.3, 0.4) is 0 Å². The van der Waals surface area contributed by atoms with Crippen molar-refractivity contribution in [2.45, 2.75) is 25.8 Å². The summed E-state index contributed by atoms with van der Waals surface area (Å²) in [5.41, 5.74) is 7.31. The zero-order valence-electron chi connectivity index (χ0n) is 17.3. The molecule has 2 fully saturated rings. The third-order valence-corrected chi connectivity index (χ3v) is 6.23. The molecule has 1 unspecified atom stereocenters. The van der Waals surface area contributed by atoms with Gasteiger partial charge in [0.2, 0.25) is 5.91 Å². The topological polar surface area (TPSA) is 75.9 Å². The van der Waals surface area contributed by atoms with Crippen LogP contribution in [-0.2, 0) is 22.6 Å². The van der Waals surface area contributed by atoms with Crippen LogP contribution in [0.15, 0.2) is 54.6 Å². The van der Waals surface area contributed by atoms with E-state index in [1.807, 2.05) is 42.5 Å². The number of carbonyl (C=O) groups is 2. The molecule has 0 aliphatic carbocycles. The first kappa shape index (κ1) is 20.4. The van der Waals surface area contributed by atoms with E-state index in [4.69, 9.17) is 10.5 Å². The lowest BCUT2D eigenvalue weighted by Crippen LogP contribution is -2.37. The Labute approximate surface area is 177 Å². The fourth-order valence-corrected chi connectivity index (χ4v) is 4.63. The lowest BCUT2D eigenvalue weighted by molar-refractivity contribution is -0.135. The Balaban J connectivity index is 1.32. The van der Waals surface area contributed by atoms with Crippen molar-refractivity contribution in [3.05, 3.63) is 65.7 Å². The van der Waals surface area contributed by atoms with Crippen molar-refractivity contribution in [3.63, 3.8) is 0 Å². The second-order valence-corrected chi connectivity index (χ2v) is 8.42. The standard InChI is InChI=1S/C24H29N3O3/c25-22(28)17-30-21-8-4-7-20(15-21)16-26-13-10-24(18-26)11-14-27(23(24)29)12-9-19-5-2-1-3-6-19/h1-8,15H,9-14,16-18H2,(H2,25,28). The van der Waals surface area contributed by atoms with Crippen LogP contribution in [0.2, 0.25) is 0 Å². The average molecular weight is 408 g/mol. The van der Waals surface area contributed by atoms with Crippen LogP contribution in [0.25, 0.3) is 0 Å². The number of primary amides is 1. The van der Waals surface area contributed by atoms with E-state index in [1.54, 1.807) is 0 Å². The summed E-state index contributed by atoms with van der Waals surface area (Å²) in [4.78, 5) is 28.5. The van der Waals surface area contributed by atoms with Gasteiger partial charge in [-0.3, -0.25) is 14.5 Å². The Hall–Kier alpha value is -2.86. The lowest BCUT2D eigenvalue weighted by Gasteiger charge is -2.24. The first-order chi connectivity index (χ1) is 14.5. The van der Waals surface area contributed by atoms with Crippen molar-refractivity contribution in [3.8, 4) is 5.75 Å². The minimum absolute atomic E-state index is 0.121. The molecule has 1 atom stereocenters. The Kier molecular flexibility index (Phi) is 6.04. The quantitative estimate of drug-likeness (QED) is 0.728. The third kappa shape index (κ3) is 4.65. The number of hydrogen-bond donors (Lipinski definition) is 1. The second-order valence-electron chi connectivity index (χ2n) is 8.42. The number of ether oxygens (including phenoxy) is 1. The molecule has 30 heavy (non-hydrogen) atoms. The van der Waals surface area contributed by atoms with Gasteiger partial charge in [-0.25, -0.2) is 0 Å². The van der Waals surface area contributed by atoms with E-state index >= 15 is 0 Å².